The van der Waals surface area contributed by atoms with Gasteiger partial charge in [0, 0.05) is 19.0 Å². The van der Waals surface area contributed by atoms with Gasteiger partial charge >= 0.3 is 0 Å². The number of amides is 1. The molecule has 3 nitrogen and oxygen atoms in total. The third-order valence-corrected chi connectivity index (χ3v) is 5.03. The molecule has 2 saturated carbocycles. The van der Waals surface area contributed by atoms with Crippen molar-refractivity contribution in [2.75, 3.05) is 26.7 Å². The molecule has 3 aliphatic rings. The lowest BCUT2D eigenvalue weighted by molar-refractivity contribution is -0.132. The Balaban J connectivity index is 1.54. The summed E-state index contributed by atoms with van der Waals surface area (Å²) in [6.45, 7) is 3.05. The van der Waals surface area contributed by atoms with Gasteiger partial charge in [0.1, 0.15) is 0 Å². The van der Waals surface area contributed by atoms with E-state index >= 15 is 0 Å². The predicted molar refractivity (Wildman–Crippen MR) is 67.6 cm³/mol. The Bertz CT molecular complexity index is 293. The maximum atomic E-state index is 12.4. The molecule has 17 heavy (non-hydrogen) atoms. The zero-order chi connectivity index (χ0) is 11.8. The van der Waals surface area contributed by atoms with E-state index in [1.54, 1.807) is 0 Å². The molecule has 96 valence electrons. The van der Waals surface area contributed by atoms with Gasteiger partial charge in [0.05, 0.1) is 0 Å². The fraction of sp³-hybridized carbons (Fsp3) is 0.929. The van der Waals surface area contributed by atoms with E-state index in [1.165, 1.54) is 32.1 Å². The topological polar surface area (TPSA) is 32.3 Å². The third kappa shape index (κ3) is 2.10. The van der Waals surface area contributed by atoms with Crippen LogP contribution in [0.2, 0.25) is 0 Å². The number of nitrogens with zero attached hydrogens (tertiary/aromatic N) is 1. The predicted octanol–water partition coefficient (Wildman–Crippen LogP) is 1.49. The fourth-order valence-electron chi connectivity index (χ4n) is 4.06. The molecule has 2 aliphatic carbocycles. The number of hydrogen-bond acceptors (Lipinski definition) is 2. The van der Waals surface area contributed by atoms with Crippen LogP contribution in [0.4, 0.5) is 0 Å². The van der Waals surface area contributed by atoms with Crippen LogP contribution in [0.15, 0.2) is 0 Å². The molecule has 3 fully saturated rings. The minimum Gasteiger partial charge on any atom is -0.342 e. The van der Waals surface area contributed by atoms with E-state index < -0.39 is 0 Å². The Kier molecular flexibility index (Phi) is 3.12. The highest BCUT2D eigenvalue weighted by atomic mass is 16.2. The van der Waals surface area contributed by atoms with Crippen LogP contribution in [0.5, 0.6) is 0 Å². The van der Waals surface area contributed by atoms with Crippen molar-refractivity contribution in [2.24, 2.45) is 23.7 Å². The van der Waals surface area contributed by atoms with E-state index in [0.717, 1.165) is 31.5 Å². The SMILES string of the molecule is CNCC1CCN(C(=O)C2C3CCCCC32)C1. The van der Waals surface area contributed by atoms with Crippen LogP contribution >= 0.6 is 0 Å². The average Bonchev–Trinajstić information content (AvgIpc) is 2.89. The van der Waals surface area contributed by atoms with Crippen LogP contribution in [-0.2, 0) is 4.79 Å². The summed E-state index contributed by atoms with van der Waals surface area (Å²) in [4.78, 5) is 14.6. The molecule has 0 bridgehead atoms. The van der Waals surface area contributed by atoms with Gasteiger partial charge in [0.15, 0.2) is 0 Å². The highest BCUT2D eigenvalue weighted by molar-refractivity contribution is 5.82. The molecule has 1 amide bonds. The molecule has 1 aliphatic heterocycles. The fourth-order valence-corrected chi connectivity index (χ4v) is 4.06. The summed E-state index contributed by atoms with van der Waals surface area (Å²) < 4.78 is 0. The average molecular weight is 236 g/mol. The number of fused-ring (bicyclic) bond motifs is 1. The first kappa shape index (κ1) is 11.5. The number of carbonyl (C=O) groups is 1. The number of nitrogens with one attached hydrogen (secondary N) is 1. The zero-order valence-electron chi connectivity index (χ0n) is 10.8. The molecular formula is C14H24N2O. The lowest BCUT2D eigenvalue weighted by Crippen LogP contribution is -2.32. The van der Waals surface area contributed by atoms with Crippen molar-refractivity contribution < 1.29 is 4.79 Å². The number of carbonyl (C=O) groups excluding carboxylic acids is 1. The van der Waals surface area contributed by atoms with E-state index in [2.05, 4.69) is 10.2 Å². The summed E-state index contributed by atoms with van der Waals surface area (Å²) >= 11 is 0. The van der Waals surface area contributed by atoms with Gasteiger partial charge in [0.2, 0.25) is 5.91 Å². The van der Waals surface area contributed by atoms with Gasteiger partial charge in [-0.1, -0.05) is 12.8 Å². The number of hydrogen-bond donors (Lipinski definition) is 1. The standard InChI is InChI=1S/C14H24N2O/c1-15-8-10-6-7-16(9-10)14(17)13-11-4-2-3-5-12(11)13/h10-13,15H,2-9H2,1H3. The maximum absolute atomic E-state index is 12.4. The Hall–Kier alpha value is -0.570. The molecule has 1 heterocycles. The zero-order valence-corrected chi connectivity index (χ0v) is 10.8. The van der Waals surface area contributed by atoms with Gasteiger partial charge in [0.25, 0.3) is 0 Å². The van der Waals surface area contributed by atoms with Gasteiger partial charge in [-0.3, -0.25) is 4.79 Å². The Morgan fingerprint density at radius 1 is 1.24 bits per heavy atom. The van der Waals surface area contributed by atoms with Crippen LogP contribution in [0.1, 0.15) is 32.1 Å². The van der Waals surface area contributed by atoms with Crippen LogP contribution in [0.25, 0.3) is 0 Å². The Morgan fingerprint density at radius 3 is 2.59 bits per heavy atom. The molecule has 0 spiro atoms. The lowest BCUT2D eigenvalue weighted by atomic mass is 10.0. The summed E-state index contributed by atoms with van der Waals surface area (Å²) in [5.41, 5.74) is 0. The highest BCUT2D eigenvalue weighted by Crippen LogP contribution is 2.56. The van der Waals surface area contributed by atoms with Gasteiger partial charge in [-0.2, -0.15) is 0 Å². The van der Waals surface area contributed by atoms with Crippen molar-refractivity contribution in [1.82, 2.24) is 10.2 Å². The van der Waals surface area contributed by atoms with Gasteiger partial charge in [-0.25, -0.2) is 0 Å². The van der Waals surface area contributed by atoms with E-state index in [9.17, 15) is 4.79 Å². The summed E-state index contributed by atoms with van der Waals surface area (Å²) in [6, 6.07) is 0. The van der Waals surface area contributed by atoms with E-state index in [-0.39, 0.29) is 0 Å². The summed E-state index contributed by atoms with van der Waals surface area (Å²) in [5, 5.41) is 3.23. The Morgan fingerprint density at radius 2 is 1.94 bits per heavy atom. The Labute approximate surface area is 104 Å². The molecule has 3 unspecified atom stereocenters. The largest absolute Gasteiger partial charge is 0.342 e. The monoisotopic (exact) mass is 236 g/mol. The first-order chi connectivity index (χ1) is 8.31. The highest BCUT2D eigenvalue weighted by Gasteiger charge is 2.56. The van der Waals surface area contributed by atoms with Crippen LogP contribution in [0, 0.1) is 23.7 Å². The van der Waals surface area contributed by atoms with Crippen molar-refractivity contribution in [3.8, 4) is 0 Å². The molecule has 1 saturated heterocycles. The minimum atomic E-state index is 0.422. The maximum Gasteiger partial charge on any atom is 0.226 e. The number of rotatable bonds is 3. The second-order valence-electron chi connectivity index (χ2n) is 6.13. The minimum absolute atomic E-state index is 0.422. The third-order valence-electron chi connectivity index (χ3n) is 5.03. The van der Waals surface area contributed by atoms with Crippen molar-refractivity contribution in [2.45, 2.75) is 32.1 Å². The van der Waals surface area contributed by atoms with E-state index in [4.69, 9.17) is 0 Å². The molecule has 1 N–H and O–H groups in total. The van der Waals surface area contributed by atoms with Gasteiger partial charge in [-0.15, -0.1) is 0 Å². The molecule has 3 atom stereocenters. The van der Waals surface area contributed by atoms with Crippen molar-refractivity contribution in [1.29, 1.82) is 0 Å². The van der Waals surface area contributed by atoms with Crippen molar-refractivity contribution >= 4 is 5.91 Å². The number of likely N-dealkylation sites (tertiary alicyclic amines) is 1. The van der Waals surface area contributed by atoms with Gasteiger partial charge < -0.3 is 10.2 Å². The van der Waals surface area contributed by atoms with E-state index in [0.29, 0.717) is 17.7 Å². The molecule has 0 radical (unpaired) electrons. The lowest BCUT2D eigenvalue weighted by Gasteiger charge is -2.16. The van der Waals surface area contributed by atoms with Crippen molar-refractivity contribution in [3.63, 3.8) is 0 Å². The smallest absolute Gasteiger partial charge is 0.226 e. The van der Waals surface area contributed by atoms with Gasteiger partial charge in [-0.05, 0) is 50.6 Å². The summed E-state index contributed by atoms with van der Waals surface area (Å²) in [5.74, 6) is 3.12. The molecule has 3 rings (SSSR count). The molecule has 0 aromatic rings. The van der Waals surface area contributed by atoms with Crippen LogP contribution < -0.4 is 5.32 Å². The first-order valence-electron chi connectivity index (χ1n) is 7.24. The molecule has 0 aromatic carbocycles. The molecule has 0 aromatic heterocycles. The second-order valence-corrected chi connectivity index (χ2v) is 6.13. The quantitative estimate of drug-likeness (QED) is 0.805. The summed E-state index contributed by atoms with van der Waals surface area (Å²) in [6.07, 6.45) is 6.53. The summed E-state index contributed by atoms with van der Waals surface area (Å²) in [7, 11) is 2.00. The van der Waals surface area contributed by atoms with Crippen molar-refractivity contribution in [3.05, 3.63) is 0 Å². The normalized spacial score (nSPS) is 40.2. The van der Waals surface area contributed by atoms with Crippen LogP contribution in [0.3, 0.4) is 0 Å². The van der Waals surface area contributed by atoms with E-state index in [1.807, 2.05) is 7.05 Å². The van der Waals surface area contributed by atoms with Crippen LogP contribution in [-0.4, -0.2) is 37.5 Å². The second kappa shape index (κ2) is 4.60. The first-order valence-corrected chi connectivity index (χ1v) is 7.24. The molecule has 3 heteroatoms. The molecular weight excluding hydrogens is 212 g/mol.